The Labute approximate surface area is 149 Å². The lowest BCUT2D eigenvalue weighted by Gasteiger charge is -2.34. The summed E-state index contributed by atoms with van der Waals surface area (Å²) >= 11 is 1.25. The van der Waals surface area contributed by atoms with E-state index in [1.807, 2.05) is 0 Å². The van der Waals surface area contributed by atoms with Gasteiger partial charge in [0.1, 0.15) is 0 Å². The van der Waals surface area contributed by atoms with Crippen molar-refractivity contribution in [1.82, 2.24) is 24.6 Å². The lowest BCUT2D eigenvalue weighted by atomic mass is 10.2. The third kappa shape index (κ3) is 4.43. The Hall–Kier alpha value is -1.81. The van der Waals surface area contributed by atoms with Crippen molar-refractivity contribution >= 4 is 23.6 Å². The first-order chi connectivity index (χ1) is 12.0. The molecule has 0 spiro atoms. The molecule has 1 aromatic heterocycles. The van der Waals surface area contributed by atoms with E-state index in [1.165, 1.54) is 18.7 Å². The molecule has 138 valence electrons. The number of carbonyl (C=O) groups excluding carboxylic acids is 2. The third-order valence-electron chi connectivity index (χ3n) is 4.54. The second-order valence-electron chi connectivity index (χ2n) is 6.23. The second kappa shape index (κ2) is 8.05. The first kappa shape index (κ1) is 18.0. The second-order valence-corrected chi connectivity index (χ2v) is 7.17. The Balaban J connectivity index is 1.52. The summed E-state index contributed by atoms with van der Waals surface area (Å²) in [5.74, 6) is 0.249. The third-order valence-corrected chi connectivity index (χ3v) is 5.50. The molecule has 25 heavy (non-hydrogen) atoms. The molecule has 2 amide bonds. The van der Waals surface area contributed by atoms with Gasteiger partial charge in [-0.3, -0.25) is 14.2 Å². The molecular weight excluding hydrogens is 346 g/mol. The largest absolute Gasteiger partial charge is 0.376 e. The van der Waals surface area contributed by atoms with E-state index < -0.39 is 0 Å². The van der Waals surface area contributed by atoms with Crippen molar-refractivity contribution in [2.75, 3.05) is 38.5 Å². The van der Waals surface area contributed by atoms with Crippen LogP contribution in [-0.4, -0.2) is 81.0 Å². The number of hydrogen-bond acceptors (Lipinski definition) is 6. The summed E-state index contributed by atoms with van der Waals surface area (Å²) in [5, 5.41) is 6.97. The van der Waals surface area contributed by atoms with Crippen LogP contribution in [0.4, 0.5) is 0 Å². The van der Waals surface area contributed by atoms with Gasteiger partial charge in [-0.2, -0.15) is 0 Å². The van der Waals surface area contributed by atoms with Gasteiger partial charge >= 0.3 is 5.69 Å². The molecule has 3 rings (SSSR count). The van der Waals surface area contributed by atoms with Gasteiger partial charge in [-0.05, 0) is 12.8 Å². The zero-order valence-electron chi connectivity index (χ0n) is 14.3. The van der Waals surface area contributed by atoms with Crippen molar-refractivity contribution in [3.63, 3.8) is 0 Å². The number of amides is 2. The number of carbonyl (C=O) groups is 2. The van der Waals surface area contributed by atoms with Crippen molar-refractivity contribution in [2.45, 2.75) is 37.6 Å². The summed E-state index contributed by atoms with van der Waals surface area (Å²) in [4.78, 5) is 39.1. The Morgan fingerprint density at radius 3 is 2.64 bits per heavy atom. The van der Waals surface area contributed by atoms with Gasteiger partial charge in [0.15, 0.2) is 5.16 Å². The number of H-pyrrole nitrogens is 1. The summed E-state index contributed by atoms with van der Waals surface area (Å²) in [7, 11) is 0. The average Bonchev–Trinajstić information content (AvgIpc) is 3.24. The highest BCUT2D eigenvalue weighted by atomic mass is 32.2. The van der Waals surface area contributed by atoms with Gasteiger partial charge < -0.3 is 14.5 Å². The number of hydrogen-bond donors (Lipinski definition) is 1. The lowest BCUT2D eigenvalue weighted by molar-refractivity contribution is -0.136. The molecule has 1 N–H and O–H groups in total. The van der Waals surface area contributed by atoms with E-state index in [4.69, 9.17) is 4.74 Å². The van der Waals surface area contributed by atoms with Crippen molar-refractivity contribution in [2.24, 2.45) is 0 Å². The summed E-state index contributed by atoms with van der Waals surface area (Å²) in [5.41, 5.74) is -0.277. The van der Waals surface area contributed by atoms with Gasteiger partial charge in [0.05, 0.1) is 18.4 Å². The predicted molar refractivity (Wildman–Crippen MR) is 91.4 cm³/mol. The molecule has 0 radical (unpaired) electrons. The smallest absolute Gasteiger partial charge is 0.344 e. The summed E-state index contributed by atoms with van der Waals surface area (Å²) < 4.78 is 7.11. The Morgan fingerprint density at radius 1 is 1.28 bits per heavy atom. The SMILES string of the molecule is CC(=O)N1CCN(C(=O)CSc2n[nH]c(=O)n2C[C@H]2CCCO2)CC1. The number of aromatic nitrogens is 3. The normalized spacial score (nSPS) is 20.9. The Kier molecular flexibility index (Phi) is 5.79. The van der Waals surface area contributed by atoms with Crippen LogP contribution < -0.4 is 5.69 Å². The minimum absolute atomic E-state index is 0.00711. The Bertz CT molecular complexity index is 674. The maximum absolute atomic E-state index is 12.4. The molecule has 1 atom stereocenters. The number of aromatic amines is 1. The zero-order valence-corrected chi connectivity index (χ0v) is 15.1. The van der Waals surface area contributed by atoms with E-state index in [2.05, 4.69) is 10.2 Å². The number of rotatable bonds is 5. The standard InChI is InChI=1S/C15H23N5O4S/c1-11(21)18-4-6-19(7-5-18)13(22)10-25-15-17-16-14(23)20(15)9-12-3-2-8-24-12/h12H,2-10H2,1H3,(H,16,23)/t12-/m1/s1. The van der Waals surface area contributed by atoms with Crippen molar-refractivity contribution in [3.8, 4) is 0 Å². The predicted octanol–water partition coefficient (Wildman–Crippen LogP) is -0.467. The van der Waals surface area contributed by atoms with Crippen LogP contribution in [0.2, 0.25) is 0 Å². The van der Waals surface area contributed by atoms with Gasteiger partial charge in [0.25, 0.3) is 0 Å². The molecule has 9 nitrogen and oxygen atoms in total. The zero-order chi connectivity index (χ0) is 17.8. The average molecular weight is 369 g/mol. The molecule has 0 aliphatic carbocycles. The van der Waals surface area contributed by atoms with Crippen molar-refractivity contribution in [3.05, 3.63) is 10.5 Å². The highest BCUT2D eigenvalue weighted by Crippen LogP contribution is 2.18. The number of thioether (sulfide) groups is 1. The van der Waals surface area contributed by atoms with Crippen molar-refractivity contribution in [1.29, 1.82) is 0 Å². The quantitative estimate of drug-likeness (QED) is 0.705. The first-order valence-corrected chi connectivity index (χ1v) is 9.46. The van der Waals surface area contributed by atoms with Gasteiger partial charge in [0, 0.05) is 39.7 Å². The monoisotopic (exact) mass is 369 g/mol. The topological polar surface area (TPSA) is 101 Å². The van der Waals surface area contributed by atoms with Crippen molar-refractivity contribution < 1.29 is 14.3 Å². The maximum atomic E-state index is 12.4. The molecule has 2 aliphatic heterocycles. The van der Waals surface area contributed by atoms with E-state index in [0.717, 1.165) is 19.4 Å². The number of piperazine rings is 1. The van der Waals surface area contributed by atoms with Crippen LogP contribution in [0.25, 0.3) is 0 Å². The van der Waals surface area contributed by atoms with E-state index in [0.29, 0.717) is 37.9 Å². The van der Waals surface area contributed by atoms with E-state index in [-0.39, 0.29) is 29.4 Å². The molecule has 0 saturated carbocycles. The summed E-state index contributed by atoms with van der Waals surface area (Å²) in [6, 6.07) is 0. The van der Waals surface area contributed by atoms with Crippen LogP contribution in [0.1, 0.15) is 19.8 Å². The summed E-state index contributed by atoms with van der Waals surface area (Å²) in [6.45, 7) is 4.95. The van der Waals surface area contributed by atoms with Gasteiger partial charge in [-0.1, -0.05) is 11.8 Å². The van der Waals surface area contributed by atoms with Crippen LogP contribution in [0.3, 0.4) is 0 Å². The Morgan fingerprint density at radius 2 is 2.00 bits per heavy atom. The maximum Gasteiger partial charge on any atom is 0.344 e. The van der Waals surface area contributed by atoms with Gasteiger partial charge in [-0.25, -0.2) is 9.89 Å². The van der Waals surface area contributed by atoms with Crippen LogP contribution >= 0.6 is 11.8 Å². The van der Waals surface area contributed by atoms with Gasteiger partial charge in [-0.15, -0.1) is 5.10 Å². The molecule has 2 fully saturated rings. The summed E-state index contributed by atoms with van der Waals surface area (Å²) in [6.07, 6.45) is 1.97. The van der Waals surface area contributed by atoms with E-state index in [1.54, 1.807) is 14.4 Å². The number of nitrogens with zero attached hydrogens (tertiary/aromatic N) is 4. The highest BCUT2D eigenvalue weighted by molar-refractivity contribution is 7.99. The molecule has 10 heteroatoms. The van der Waals surface area contributed by atoms with Crippen LogP contribution in [0, 0.1) is 0 Å². The van der Waals surface area contributed by atoms with Crippen LogP contribution in [0.15, 0.2) is 9.95 Å². The number of ether oxygens (including phenoxy) is 1. The van der Waals surface area contributed by atoms with E-state index >= 15 is 0 Å². The molecular formula is C15H23N5O4S. The first-order valence-electron chi connectivity index (χ1n) is 8.47. The molecule has 1 aromatic rings. The molecule has 0 aromatic carbocycles. The fourth-order valence-corrected chi connectivity index (χ4v) is 3.91. The van der Waals surface area contributed by atoms with Gasteiger partial charge in [0.2, 0.25) is 11.8 Å². The van der Waals surface area contributed by atoms with Crippen LogP contribution in [-0.2, 0) is 20.9 Å². The molecule has 2 aliphatic rings. The fraction of sp³-hybridized carbons (Fsp3) is 0.733. The highest BCUT2D eigenvalue weighted by Gasteiger charge is 2.24. The number of nitrogens with one attached hydrogen (secondary N) is 1. The minimum atomic E-state index is -0.277. The lowest BCUT2D eigenvalue weighted by Crippen LogP contribution is -2.50. The molecule has 0 bridgehead atoms. The molecule has 2 saturated heterocycles. The minimum Gasteiger partial charge on any atom is -0.376 e. The molecule has 3 heterocycles. The van der Waals surface area contributed by atoms with E-state index in [9.17, 15) is 14.4 Å². The molecule has 0 unspecified atom stereocenters. The van der Waals surface area contributed by atoms with Crippen LogP contribution in [0.5, 0.6) is 0 Å². The fourth-order valence-electron chi connectivity index (χ4n) is 3.05.